The molecule has 3 aromatic rings. The summed E-state index contributed by atoms with van der Waals surface area (Å²) in [6, 6.07) is 7.38. The number of hydrogen-bond donors (Lipinski definition) is 1. The molecule has 0 unspecified atom stereocenters. The summed E-state index contributed by atoms with van der Waals surface area (Å²) in [5, 5.41) is 0. The summed E-state index contributed by atoms with van der Waals surface area (Å²) >= 11 is 0. The Labute approximate surface area is 131 Å². The van der Waals surface area contributed by atoms with Gasteiger partial charge in [-0.15, -0.1) is 0 Å². The fourth-order valence-corrected chi connectivity index (χ4v) is 2.91. The molecule has 4 heterocycles. The summed E-state index contributed by atoms with van der Waals surface area (Å²) in [6.45, 7) is 1.66. The third kappa shape index (κ3) is 2.26. The van der Waals surface area contributed by atoms with Gasteiger partial charge in [-0.05, 0) is 18.2 Å². The van der Waals surface area contributed by atoms with Crippen molar-refractivity contribution < 1.29 is 9.59 Å². The molecule has 116 valence electrons. The molecule has 0 spiro atoms. The van der Waals surface area contributed by atoms with Gasteiger partial charge in [0, 0.05) is 37.4 Å². The number of pyridine rings is 1. The van der Waals surface area contributed by atoms with Crippen LogP contribution in [0.2, 0.25) is 0 Å². The number of hydrogen-bond acceptors (Lipinski definition) is 3. The van der Waals surface area contributed by atoms with E-state index in [1.807, 2.05) is 33.4 Å². The molecule has 0 fully saturated rings. The van der Waals surface area contributed by atoms with Crippen LogP contribution in [-0.4, -0.2) is 37.2 Å². The Kier molecular flexibility index (Phi) is 2.94. The average Bonchev–Trinajstić information content (AvgIpc) is 3.17. The zero-order chi connectivity index (χ0) is 16.0. The first-order valence-electron chi connectivity index (χ1n) is 7.34. The monoisotopic (exact) mass is 309 g/mol. The molecule has 0 saturated carbocycles. The van der Waals surface area contributed by atoms with Crippen LogP contribution in [0.1, 0.15) is 26.5 Å². The molecule has 2 amide bonds. The quantitative estimate of drug-likeness (QED) is 0.763. The lowest BCUT2D eigenvalue weighted by Gasteiger charge is -2.27. The number of nitrogens with zero attached hydrogens (tertiary/aromatic N) is 4. The van der Waals surface area contributed by atoms with Gasteiger partial charge in [0.1, 0.15) is 11.3 Å². The molecule has 0 aliphatic carbocycles. The first-order chi connectivity index (χ1) is 11.1. The summed E-state index contributed by atoms with van der Waals surface area (Å²) in [5.41, 5.74) is 7.85. The lowest BCUT2D eigenvalue weighted by molar-refractivity contribution is 0.0705. The van der Waals surface area contributed by atoms with Crippen molar-refractivity contribution in [2.45, 2.75) is 13.1 Å². The second kappa shape index (κ2) is 4.98. The van der Waals surface area contributed by atoms with E-state index < -0.39 is 5.91 Å². The van der Waals surface area contributed by atoms with Crippen LogP contribution >= 0.6 is 0 Å². The van der Waals surface area contributed by atoms with Crippen molar-refractivity contribution in [2.24, 2.45) is 5.73 Å². The third-order valence-corrected chi connectivity index (χ3v) is 4.10. The Bertz CT molecular complexity index is 891. The van der Waals surface area contributed by atoms with Gasteiger partial charge < -0.3 is 19.6 Å². The van der Waals surface area contributed by atoms with E-state index in [4.69, 9.17) is 5.73 Å². The minimum atomic E-state index is -0.454. The highest BCUT2D eigenvalue weighted by Crippen LogP contribution is 2.18. The molecule has 23 heavy (non-hydrogen) atoms. The van der Waals surface area contributed by atoms with E-state index in [1.54, 1.807) is 23.4 Å². The molecule has 1 aliphatic heterocycles. The lowest BCUT2D eigenvalue weighted by Crippen LogP contribution is -2.38. The second-order valence-electron chi connectivity index (χ2n) is 5.60. The number of carbonyl (C=O) groups is 2. The van der Waals surface area contributed by atoms with E-state index in [0.717, 1.165) is 11.3 Å². The fourth-order valence-electron chi connectivity index (χ4n) is 2.91. The Hall–Kier alpha value is -3.09. The summed E-state index contributed by atoms with van der Waals surface area (Å²) in [4.78, 5) is 30.0. The molecule has 3 aromatic heterocycles. The smallest absolute Gasteiger partial charge is 0.274 e. The maximum atomic E-state index is 12.7. The van der Waals surface area contributed by atoms with Crippen molar-refractivity contribution in [3.63, 3.8) is 0 Å². The van der Waals surface area contributed by atoms with Crippen molar-refractivity contribution in [2.75, 3.05) is 6.54 Å². The lowest BCUT2D eigenvalue weighted by atomic mass is 10.2. The van der Waals surface area contributed by atoms with Crippen LogP contribution in [0.5, 0.6) is 0 Å². The number of fused-ring (bicyclic) bond motifs is 2. The highest BCUT2D eigenvalue weighted by Gasteiger charge is 2.24. The maximum Gasteiger partial charge on any atom is 0.274 e. The zero-order valence-corrected chi connectivity index (χ0v) is 12.3. The van der Waals surface area contributed by atoms with Gasteiger partial charge in [-0.3, -0.25) is 9.59 Å². The number of amides is 2. The fraction of sp³-hybridized carbons (Fsp3) is 0.188. The topological polar surface area (TPSA) is 85.6 Å². The largest absolute Gasteiger partial charge is 0.366 e. The standard InChI is InChI=1S/C16H15N5O2/c17-15(22)11-7-12-9-21(6-5-19(12)8-11)16(23)13-10-20-4-2-1-3-14(20)18-13/h1-4,7-8,10H,5-6,9H2,(H2,17,22). The molecule has 2 N–H and O–H groups in total. The summed E-state index contributed by atoms with van der Waals surface area (Å²) < 4.78 is 3.79. The van der Waals surface area contributed by atoms with Gasteiger partial charge in [0.05, 0.1) is 12.1 Å². The van der Waals surface area contributed by atoms with Crippen molar-refractivity contribution in [1.29, 1.82) is 0 Å². The maximum absolute atomic E-state index is 12.7. The van der Waals surface area contributed by atoms with Gasteiger partial charge in [0.25, 0.3) is 5.91 Å². The van der Waals surface area contributed by atoms with Gasteiger partial charge in [0.15, 0.2) is 0 Å². The van der Waals surface area contributed by atoms with Crippen LogP contribution in [0.15, 0.2) is 42.9 Å². The molecular weight excluding hydrogens is 294 g/mol. The van der Waals surface area contributed by atoms with Crippen molar-refractivity contribution in [3.05, 3.63) is 59.8 Å². The van der Waals surface area contributed by atoms with Crippen LogP contribution in [0.4, 0.5) is 0 Å². The van der Waals surface area contributed by atoms with Crippen LogP contribution in [0, 0.1) is 0 Å². The van der Waals surface area contributed by atoms with Gasteiger partial charge >= 0.3 is 0 Å². The minimum absolute atomic E-state index is 0.109. The third-order valence-electron chi connectivity index (χ3n) is 4.10. The Balaban J connectivity index is 1.60. The van der Waals surface area contributed by atoms with Crippen molar-refractivity contribution in [1.82, 2.24) is 18.9 Å². The first kappa shape index (κ1) is 13.6. The highest BCUT2D eigenvalue weighted by atomic mass is 16.2. The number of primary amides is 1. The molecule has 7 nitrogen and oxygen atoms in total. The molecule has 7 heteroatoms. The number of carbonyl (C=O) groups excluding carboxylic acids is 2. The predicted molar refractivity (Wildman–Crippen MR) is 82.9 cm³/mol. The van der Waals surface area contributed by atoms with Crippen LogP contribution in [0.3, 0.4) is 0 Å². The highest BCUT2D eigenvalue weighted by molar-refractivity contribution is 5.94. The van der Waals surface area contributed by atoms with Crippen molar-refractivity contribution in [3.8, 4) is 0 Å². The second-order valence-corrected chi connectivity index (χ2v) is 5.60. The Morgan fingerprint density at radius 2 is 2.04 bits per heavy atom. The van der Waals surface area contributed by atoms with Gasteiger partial charge in [-0.25, -0.2) is 4.98 Å². The molecule has 0 aromatic carbocycles. The molecule has 1 aliphatic rings. The van der Waals surface area contributed by atoms with Crippen LogP contribution in [-0.2, 0) is 13.1 Å². The molecule has 0 radical (unpaired) electrons. The minimum Gasteiger partial charge on any atom is -0.366 e. The normalized spacial score (nSPS) is 14.0. The van der Waals surface area contributed by atoms with E-state index in [0.29, 0.717) is 30.9 Å². The SMILES string of the molecule is NC(=O)c1cc2n(c1)CCN(C(=O)c1cn3ccccc3n1)C2. The van der Waals surface area contributed by atoms with Crippen LogP contribution < -0.4 is 5.73 Å². The van der Waals surface area contributed by atoms with E-state index in [1.165, 1.54) is 0 Å². The predicted octanol–water partition coefficient (Wildman–Crippen LogP) is 0.891. The number of imidazole rings is 1. The van der Waals surface area contributed by atoms with Gasteiger partial charge in [0.2, 0.25) is 5.91 Å². The average molecular weight is 309 g/mol. The van der Waals surface area contributed by atoms with E-state index in [2.05, 4.69) is 4.98 Å². The van der Waals surface area contributed by atoms with E-state index in [-0.39, 0.29) is 5.91 Å². The van der Waals surface area contributed by atoms with E-state index in [9.17, 15) is 9.59 Å². The summed E-state index contributed by atoms with van der Waals surface area (Å²) in [5.74, 6) is -0.563. The van der Waals surface area contributed by atoms with E-state index >= 15 is 0 Å². The van der Waals surface area contributed by atoms with Crippen LogP contribution in [0.25, 0.3) is 5.65 Å². The Morgan fingerprint density at radius 1 is 1.17 bits per heavy atom. The zero-order valence-electron chi connectivity index (χ0n) is 12.3. The molecule has 4 rings (SSSR count). The van der Waals surface area contributed by atoms with Crippen molar-refractivity contribution >= 4 is 17.5 Å². The molecule has 0 saturated heterocycles. The molecule has 0 atom stereocenters. The first-order valence-corrected chi connectivity index (χ1v) is 7.34. The number of rotatable bonds is 2. The van der Waals surface area contributed by atoms with Gasteiger partial charge in [-0.1, -0.05) is 6.07 Å². The molecule has 0 bridgehead atoms. The summed E-state index contributed by atoms with van der Waals surface area (Å²) in [7, 11) is 0. The van der Waals surface area contributed by atoms with Gasteiger partial charge in [-0.2, -0.15) is 0 Å². The number of aromatic nitrogens is 3. The molecular formula is C16H15N5O2. The Morgan fingerprint density at radius 3 is 2.83 bits per heavy atom. The summed E-state index contributed by atoms with van der Waals surface area (Å²) in [6.07, 6.45) is 5.34. The number of nitrogens with two attached hydrogens (primary N) is 1.